The van der Waals surface area contributed by atoms with E-state index in [4.69, 9.17) is 0 Å². The summed E-state index contributed by atoms with van der Waals surface area (Å²) in [5.74, 6) is 0.110. The van der Waals surface area contributed by atoms with Crippen molar-refractivity contribution in [2.45, 2.75) is 87.8 Å². The van der Waals surface area contributed by atoms with Crippen LogP contribution < -0.4 is 0 Å². The van der Waals surface area contributed by atoms with Gasteiger partial charge in [-0.2, -0.15) is 13.2 Å². The smallest absolute Gasteiger partial charge is 0.206 e. The maximum Gasteiger partial charge on any atom is 0.419 e. The first-order valence-electron chi connectivity index (χ1n) is 13.1. The number of halogens is 4. The topological polar surface area (TPSA) is 0 Å². The molecule has 39 heavy (non-hydrogen) atoms. The largest absolute Gasteiger partial charge is 0.419 e. The number of hydrogen-bond acceptors (Lipinski definition) is 0. The second kappa shape index (κ2) is 25.4. The van der Waals surface area contributed by atoms with Crippen molar-refractivity contribution in [1.82, 2.24) is 0 Å². The molecule has 4 heteroatoms. The fourth-order valence-electron chi connectivity index (χ4n) is 3.18. The van der Waals surface area contributed by atoms with Gasteiger partial charge in [0.15, 0.2) is 0 Å². The van der Waals surface area contributed by atoms with E-state index >= 15 is 0 Å². The zero-order valence-electron chi connectivity index (χ0n) is 24.7. The zero-order valence-corrected chi connectivity index (χ0v) is 24.7. The van der Waals surface area contributed by atoms with Gasteiger partial charge < -0.3 is 0 Å². The molecular weight excluding hydrogens is 496 g/mol. The summed E-state index contributed by atoms with van der Waals surface area (Å²) < 4.78 is 49.9. The lowest BCUT2D eigenvalue weighted by Gasteiger charge is -2.18. The van der Waals surface area contributed by atoms with Gasteiger partial charge in [-0.3, -0.25) is 0 Å². The van der Waals surface area contributed by atoms with E-state index in [0.29, 0.717) is 12.0 Å². The fraction of sp³-hybridized carbons (Fsp3) is 0.429. The highest BCUT2D eigenvalue weighted by atomic mass is 19.4. The summed E-state index contributed by atoms with van der Waals surface area (Å²) in [4.78, 5) is 0. The molecule has 0 saturated heterocycles. The third kappa shape index (κ3) is 18.1. The Kier molecular flexibility index (Phi) is 28.1. The number of rotatable bonds is 10. The molecule has 0 amide bonds. The number of benzene rings is 1. The standard InChI is InChI=1S/C16H24.C10H8F4.C6H14.C2H4.CH4/c1-6-11-13-15(10-5)16(12-7-2)14(8-3)9-4;1-6(2)7-4-3-5-8(9(7)11)10(12,13)14;1-4-6(3)5-2;1-2;/h6,8-11,13,16H,3,5,7,12H2,1-2,4H3;3-5H,1H2,2H3;6H,4-5H2,1-3H3;1-2H2;1H4/b11-6-,14-9+,15-13+;;;;. The molecule has 0 fully saturated rings. The van der Waals surface area contributed by atoms with Crippen molar-refractivity contribution in [3.05, 3.63) is 116 Å². The minimum absolute atomic E-state index is 0. The SMILES string of the molecule is C.C=C.C=C(C)c1cccc(C(F)(F)F)c1F.C=C/C(=C\C)C(CCC)/C(C=C)=C/C=C\C.CCC(C)CC. The maximum atomic E-state index is 13.2. The van der Waals surface area contributed by atoms with Crippen LogP contribution in [0.15, 0.2) is 98.7 Å². The molecule has 0 nitrogen and oxygen atoms in total. The molecule has 0 radical (unpaired) electrons. The Hall–Kier alpha value is -2.88. The lowest BCUT2D eigenvalue weighted by molar-refractivity contribution is -0.140. The van der Waals surface area contributed by atoms with Crippen LogP contribution in [0, 0.1) is 17.7 Å². The Bertz CT molecular complexity index is 894. The Balaban J connectivity index is -0.000000243. The van der Waals surface area contributed by atoms with E-state index in [1.54, 1.807) is 0 Å². The highest BCUT2D eigenvalue weighted by Crippen LogP contribution is 2.33. The van der Waals surface area contributed by atoms with Gasteiger partial charge in [-0.1, -0.05) is 123 Å². The first kappa shape index (κ1) is 43.2. The van der Waals surface area contributed by atoms with Gasteiger partial charge >= 0.3 is 6.18 Å². The van der Waals surface area contributed by atoms with Crippen molar-refractivity contribution in [3.8, 4) is 0 Å². The van der Waals surface area contributed by atoms with Crippen LogP contribution in [-0.4, -0.2) is 0 Å². The molecule has 1 unspecified atom stereocenters. The third-order valence-corrected chi connectivity index (χ3v) is 5.83. The van der Waals surface area contributed by atoms with Crippen LogP contribution in [0.5, 0.6) is 0 Å². The van der Waals surface area contributed by atoms with Crippen LogP contribution in [0.25, 0.3) is 5.57 Å². The maximum absolute atomic E-state index is 13.2. The van der Waals surface area contributed by atoms with E-state index in [0.717, 1.165) is 24.8 Å². The number of hydrogen-bond donors (Lipinski definition) is 0. The zero-order chi connectivity index (χ0) is 30.3. The molecule has 1 rings (SSSR count). The second-order valence-electron chi connectivity index (χ2n) is 8.60. The summed E-state index contributed by atoms with van der Waals surface area (Å²) in [6, 6.07) is 3.14. The molecule has 1 aromatic carbocycles. The molecule has 0 aliphatic rings. The van der Waals surface area contributed by atoms with Crippen LogP contribution in [0.4, 0.5) is 17.6 Å². The first-order valence-corrected chi connectivity index (χ1v) is 13.1. The fourth-order valence-corrected chi connectivity index (χ4v) is 3.18. The first-order chi connectivity index (χ1) is 17.9. The van der Waals surface area contributed by atoms with Crippen molar-refractivity contribution >= 4 is 5.57 Å². The Labute approximate surface area is 238 Å². The second-order valence-corrected chi connectivity index (χ2v) is 8.60. The van der Waals surface area contributed by atoms with Crippen LogP contribution in [0.2, 0.25) is 0 Å². The van der Waals surface area contributed by atoms with Crippen molar-refractivity contribution in [3.63, 3.8) is 0 Å². The summed E-state index contributed by atoms with van der Waals surface area (Å²) in [7, 11) is 0. The summed E-state index contributed by atoms with van der Waals surface area (Å²) in [6.07, 6.45) is 12.6. The van der Waals surface area contributed by atoms with Crippen LogP contribution in [0.3, 0.4) is 0 Å². The average Bonchev–Trinajstić information content (AvgIpc) is 2.90. The number of alkyl halides is 3. The molecule has 0 spiro atoms. The van der Waals surface area contributed by atoms with E-state index in [2.05, 4.69) is 85.7 Å². The van der Waals surface area contributed by atoms with Crippen LogP contribution in [-0.2, 0) is 6.18 Å². The van der Waals surface area contributed by atoms with Crippen LogP contribution >= 0.6 is 0 Å². The Morgan fingerprint density at radius 1 is 0.974 bits per heavy atom. The van der Waals surface area contributed by atoms with Crippen molar-refractivity contribution in [2.24, 2.45) is 11.8 Å². The quantitative estimate of drug-likeness (QED) is 0.154. The van der Waals surface area contributed by atoms with E-state index in [9.17, 15) is 17.6 Å². The average molecular weight is 551 g/mol. The van der Waals surface area contributed by atoms with E-state index in [-0.39, 0.29) is 18.6 Å². The highest BCUT2D eigenvalue weighted by Gasteiger charge is 2.34. The van der Waals surface area contributed by atoms with Crippen molar-refractivity contribution < 1.29 is 17.6 Å². The normalized spacial score (nSPS) is 12.0. The molecule has 0 aliphatic heterocycles. The molecule has 0 aromatic heterocycles. The molecule has 1 aromatic rings. The molecule has 1 atom stereocenters. The third-order valence-electron chi connectivity index (χ3n) is 5.83. The van der Waals surface area contributed by atoms with Crippen molar-refractivity contribution in [1.29, 1.82) is 0 Å². The Morgan fingerprint density at radius 2 is 1.49 bits per heavy atom. The summed E-state index contributed by atoms with van der Waals surface area (Å²) in [5.41, 5.74) is 1.48. The lowest BCUT2D eigenvalue weighted by Crippen LogP contribution is -2.09. The minimum Gasteiger partial charge on any atom is -0.206 e. The van der Waals surface area contributed by atoms with Gasteiger partial charge in [0.05, 0.1) is 5.56 Å². The molecule has 0 bridgehead atoms. The summed E-state index contributed by atoms with van der Waals surface area (Å²) in [5, 5.41) is 0. The Morgan fingerprint density at radius 3 is 1.79 bits per heavy atom. The molecule has 0 N–H and O–H groups in total. The molecule has 0 aliphatic carbocycles. The predicted molar refractivity (Wildman–Crippen MR) is 169 cm³/mol. The van der Waals surface area contributed by atoms with Gasteiger partial charge in [0, 0.05) is 11.5 Å². The predicted octanol–water partition coefficient (Wildman–Crippen LogP) is 13.0. The highest BCUT2D eigenvalue weighted by molar-refractivity contribution is 5.62. The summed E-state index contributed by atoms with van der Waals surface area (Å²) in [6.45, 7) is 31.7. The van der Waals surface area contributed by atoms with Gasteiger partial charge in [-0.25, -0.2) is 4.39 Å². The van der Waals surface area contributed by atoms with Crippen LogP contribution in [0.1, 0.15) is 92.7 Å². The van der Waals surface area contributed by atoms with Gasteiger partial charge in [0.2, 0.25) is 0 Å². The monoisotopic (exact) mass is 550 g/mol. The van der Waals surface area contributed by atoms with E-state index in [1.807, 2.05) is 25.2 Å². The van der Waals surface area contributed by atoms with Gasteiger partial charge in [0.1, 0.15) is 5.82 Å². The van der Waals surface area contributed by atoms with Gasteiger partial charge in [-0.05, 0) is 55.9 Å². The number of allylic oxidation sites excluding steroid dienone is 9. The van der Waals surface area contributed by atoms with Crippen molar-refractivity contribution in [2.75, 3.05) is 0 Å². The molecule has 0 saturated carbocycles. The molecular formula is C35H54F4. The lowest BCUT2D eigenvalue weighted by atomic mass is 9.86. The molecule has 222 valence electrons. The summed E-state index contributed by atoms with van der Waals surface area (Å²) >= 11 is 0. The minimum atomic E-state index is -4.66. The van der Waals surface area contributed by atoms with E-state index in [1.165, 1.54) is 37.0 Å². The van der Waals surface area contributed by atoms with E-state index < -0.39 is 17.6 Å². The van der Waals surface area contributed by atoms with Gasteiger partial charge in [0.25, 0.3) is 0 Å². The van der Waals surface area contributed by atoms with Gasteiger partial charge in [-0.15, -0.1) is 13.2 Å². The molecule has 0 heterocycles.